The summed E-state index contributed by atoms with van der Waals surface area (Å²) in [5.41, 5.74) is 6.65. The highest BCUT2D eigenvalue weighted by Gasteiger charge is 2.00. The van der Waals surface area contributed by atoms with Crippen molar-refractivity contribution in [2.45, 2.75) is 33.1 Å². The Morgan fingerprint density at radius 2 is 1.79 bits per heavy atom. The van der Waals surface area contributed by atoms with Crippen LogP contribution in [0.3, 0.4) is 0 Å². The molecule has 0 amide bonds. The van der Waals surface area contributed by atoms with Crippen molar-refractivity contribution in [1.82, 2.24) is 21.3 Å². The van der Waals surface area contributed by atoms with Crippen LogP contribution >= 0.6 is 0 Å². The van der Waals surface area contributed by atoms with Gasteiger partial charge in [0.2, 0.25) is 0 Å². The summed E-state index contributed by atoms with van der Waals surface area (Å²) in [6.07, 6.45) is 3.61. The van der Waals surface area contributed by atoms with E-state index in [1.165, 1.54) is 19.3 Å². The van der Waals surface area contributed by atoms with E-state index in [0.29, 0.717) is 0 Å². The van der Waals surface area contributed by atoms with Crippen molar-refractivity contribution in [1.29, 1.82) is 0 Å². The quantitative estimate of drug-likeness (QED) is 0.361. The predicted molar refractivity (Wildman–Crippen MR) is 61.8 cm³/mol. The van der Waals surface area contributed by atoms with Gasteiger partial charge in [-0.25, -0.2) is 10.9 Å². The molecule has 14 heavy (non-hydrogen) atoms. The number of hydrazine groups is 2. The monoisotopic (exact) mass is 202 g/mol. The summed E-state index contributed by atoms with van der Waals surface area (Å²) in [6.45, 7) is 8.48. The lowest BCUT2D eigenvalue weighted by atomic mass is 10.3. The first kappa shape index (κ1) is 13.8. The number of nitrogens with one attached hydrogen (secondary N) is 3. The Bertz CT molecular complexity index is 108. The fourth-order valence-corrected chi connectivity index (χ4v) is 1.22. The molecule has 3 N–H and O–H groups in total. The molecular formula is C10H26N4. The molecule has 86 valence electrons. The van der Waals surface area contributed by atoms with Crippen LogP contribution in [0.1, 0.15) is 33.1 Å². The molecule has 0 spiro atoms. The minimum absolute atomic E-state index is 0.975. The Morgan fingerprint density at radius 1 is 1.00 bits per heavy atom. The minimum Gasteiger partial charge on any atom is -0.320 e. The van der Waals surface area contributed by atoms with E-state index in [4.69, 9.17) is 0 Å². The van der Waals surface area contributed by atoms with Crippen molar-refractivity contribution in [3.63, 3.8) is 0 Å². The van der Waals surface area contributed by atoms with Gasteiger partial charge in [-0.15, -0.1) is 0 Å². The molecule has 0 heterocycles. The zero-order valence-electron chi connectivity index (χ0n) is 9.90. The van der Waals surface area contributed by atoms with E-state index in [1.54, 1.807) is 0 Å². The van der Waals surface area contributed by atoms with Gasteiger partial charge in [-0.3, -0.25) is 0 Å². The maximum atomic E-state index is 3.35. The van der Waals surface area contributed by atoms with E-state index < -0.39 is 0 Å². The van der Waals surface area contributed by atoms with Crippen LogP contribution in [0.4, 0.5) is 0 Å². The summed E-state index contributed by atoms with van der Waals surface area (Å²) in [4.78, 5) is 0. The SMILES string of the molecule is CCCNN(CCCCNC)NCC. The Hall–Kier alpha value is -0.160. The number of rotatable bonds is 10. The molecule has 0 unspecified atom stereocenters. The van der Waals surface area contributed by atoms with Gasteiger partial charge in [-0.1, -0.05) is 13.8 Å². The number of nitrogens with zero attached hydrogens (tertiary/aromatic N) is 1. The average Bonchev–Trinajstić information content (AvgIpc) is 2.20. The van der Waals surface area contributed by atoms with Crippen molar-refractivity contribution in [2.24, 2.45) is 0 Å². The highest BCUT2D eigenvalue weighted by atomic mass is 15.7. The summed E-state index contributed by atoms with van der Waals surface area (Å²) in [5.74, 6) is 0. The van der Waals surface area contributed by atoms with Crippen LogP contribution in [-0.2, 0) is 0 Å². The molecule has 0 saturated carbocycles. The minimum atomic E-state index is 0.975. The first-order chi connectivity index (χ1) is 6.85. The van der Waals surface area contributed by atoms with Crippen molar-refractivity contribution in [3.8, 4) is 0 Å². The van der Waals surface area contributed by atoms with Gasteiger partial charge in [0, 0.05) is 19.6 Å². The van der Waals surface area contributed by atoms with E-state index in [-0.39, 0.29) is 0 Å². The molecule has 0 rings (SSSR count). The van der Waals surface area contributed by atoms with Gasteiger partial charge >= 0.3 is 0 Å². The number of hydrogen-bond donors (Lipinski definition) is 3. The van der Waals surface area contributed by atoms with Gasteiger partial charge < -0.3 is 5.32 Å². The molecule has 0 aliphatic rings. The number of unbranched alkanes of at least 4 members (excludes halogenated alkanes) is 1. The molecule has 0 atom stereocenters. The van der Waals surface area contributed by atoms with Crippen LogP contribution in [0.2, 0.25) is 0 Å². The maximum absolute atomic E-state index is 3.35. The molecule has 0 aromatic carbocycles. The summed E-state index contributed by atoms with van der Waals surface area (Å²) >= 11 is 0. The van der Waals surface area contributed by atoms with Crippen molar-refractivity contribution < 1.29 is 0 Å². The summed E-state index contributed by atoms with van der Waals surface area (Å²) in [5, 5.41) is 5.27. The lowest BCUT2D eigenvalue weighted by Crippen LogP contribution is -2.48. The second-order valence-electron chi connectivity index (χ2n) is 3.38. The summed E-state index contributed by atoms with van der Waals surface area (Å²) < 4.78 is 0. The van der Waals surface area contributed by atoms with Gasteiger partial charge in [-0.2, -0.15) is 5.12 Å². The van der Waals surface area contributed by atoms with Crippen LogP contribution in [0.25, 0.3) is 0 Å². The smallest absolute Gasteiger partial charge is 0.0288 e. The third-order valence-electron chi connectivity index (χ3n) is 1.96. The predicted octanol–water partition coefficient (Wildman–Crippen LogP) is 0.727. The molecule has 0 radical (unpaired) electrons. The lowest BCUT2D eigenvalue weighted by molar-refractivity contribution is 0.114. The van der Waals surface area contributed by atoms with Crippen molar-refractivity contribution >= 4 is 0 Å². The molecule has 0 aliphatic carbocycles. The fraction of sp³-hybridized carbons (Fsp3) is 1.00. The third-order valence-corrected chi connectivity index (χ3v) is 1.96. The van der Waals surface area contributed by atoms with Crippen molar-refractivity contribution in [2.75, 3.05) is 33.2 Å². The summed E-state index contributed by atoms with van der Waals surface area (Å²) in [6, 6.07) is 0. The highest BCUT2D eigenvalue weighted by molar-refractivity contribution is 4.49. The van der Waals surface area contributed by atoms with E-state index in [2.05, 4.69) is 35.1 Å². The Balaban J connectivity index is 3.40. The molecule has 0 aromatic rings. The Kier molecular flexibility index (Phi) is 10.8. The highest BCUT2D eigenvalue weighted by Crippen LogP contribution is 1.89. The van der Waals surface area contributed by atoms with Gasteiger partial charge in [0.15, 0.2) is 0 Å². The zero-order chi connectivity index (χ0) is 10.6. The van der Waals surface area contributed by atoms with E-state index >= 15 is 0 Å². The van der Waals surface area contributed by atoms with Gasteiger partial charge in [0.25, 0.3) is 0 Å². The van der Waals surface area contributed by atoms with Crippen LogP contribution < -0.4 is 16.2 Å². The molecule has 0 fully saturated rings. The van der Waals surface area contributed by atoms with E-state index in [0.717, 1.165) is 26.2 Å². The van der Waals surface area contributed by atoms with Gasteiger partial charge in [0.1, 0.15) is 0 Å². The molecule has 0 aromatic heterocycles. The van der Waals surface area contributed by atoms with Crippen LogP contribution in [0.15, 0.2) is 0 Å². The second kappa shape index (κ2) is 10.9. The van der Waals surface area contributed by atoms with E-state index in [9.17, 15) is 0 Å². The zero-order valence-corrected chi connectivity index (χ0v) is 9.90. The molecular weight excluding hydrogens is 176 g/mol. The molecule has 0 saturated heterocycles. The first-order valence-corrected chi connectivity index (χ1v) is 5.74. The van der Waals surface area contributed by atoms with Crippen LogP contribution in [0, 0.1) is 0 Å². The molecule has 0 aliphatic heterocycles. The lowest BCUT2D eigenvalue weighted by Gasteiger charge is -2.23. The number of hydrogen-bond acceptors (Lipinski definition) is 4. The van der Waals surface area contributed by atoms with Gasteiger partial charge in [-0.05, 0) is 32.9 Å². The standard InChI is InChI=1S/C10H26N4/c1-4-8-13-14(12-5-2)10-7-6-9-11-3/h11-13H,4-10H2,1-3H3. The molecule has 0 bridgehead atoms. The Labute approximate surface area is 88.4 Å². The topological polar surface area (TPSA) is 39.3 Å². The maximum Gasteiger partial charge on any atom is 0.0288 e. The van der Waals surface area contributed by atoms with Crippen molar-refractivity contribution in [3.05, 3.63) is 0 Å². The Morgan fingerprint density at radius 3 is 2.36 bits per heavy atom. The second-order valence-corrected chi connectivity index (χ2v) is 3.38. The van der Waals surface area contributed by atoms with Gasteiger partial charge in [0.05, 0.1) is 0 Å². The van der Waals surface area contributed by atoms with Crippen LogP contribution in [-0.4, -0.2) is 38.3 Å². The molecule has 4 heteroatoms. The summed E-state index contributed by atoms with van der Waals surface area (Å²) in [7, 11) is 2.00. The molecule has 4 nitrogen and oxygen atoms in total. The van der Waals surface area contributed by atoms with E-state index in [1.807, 2.05) is 7.05 Å². The average molecular weight is 202 g/mol. The normalized spacial score (nSPS) is 11.1. The fourth-order valence-electron chi connectivity index (χ4n) is 1.22. The van der Waals surface area contributed by atoms with Crippen LogP contribution in [0.5, 0.6) is 0 Å². The third kappa shape index (κ3) is 8.44. The first-order valence-electron chi connectivity index (χ1n) is 5.74. The largest absolute Gasteiger partial charge is 0.320 e.